The smallest absolute Gasteiger partial charge is 0.229 e. The zero-order chi connectivity index (χ0) is 27.8. The molecule has 1 amide bonds. The van der Waals surface area contributed by atoms with Crippen molar-refractivity contribution in [1.82, 2.24) is 15.3 Å². The van der Waals surface area contributed by atoms with Crippen LogP contribution in [0.1, 0.15) is 24.8 Å². The van der Waals surface area contributed by atoms with E-state index in [0.29, 0.717) is 41.8 Å². The molecule has 10 nitrogen and oxygen atoms in total. The Bertz CT molecular complexity index is 1230. The third-order valence-corrected chi connectivity index (χ3v) is 6.82. The molecule has 1 fully saturated rings. The highest BCUT2D eigenvalue weighted by Gasteiger charge is 2.23. The van der Waals surface area contributed by atoms with Crippen LogP contribution in [0.3, 0.4) is 0 Å². The van der Waals surface area contributed by atoms with E-state index >= 15 is 0 Å². The number of aromatic nitrogens is 2. The summed E-state index contributed by atoms with van der Waals surface area (Å²) >= 11 is 0. The van der Waals surface area contributed by atoms with Gasteiger partial charge < -0.3 is 34.6 Å². The fourth-order valence-electron chi connectivity index (χ4n) is 4.75. The van der Waals surface area contributed by atoms with Crippen molar-refractivity contribution in [2.75, 3.05) is 63.6 Å². The first kappa shape index (κ1) is 27.8. The number of hydrogen-bond acceptors (Lipinski definition) is 9. The molecule has 4 rings (SSSR count). The van der Waals surface area contributed by atoms with E-state index < -0.39 is 0 Å². The molecule has 3 aromatic rings. The van der Waals surface area contributed by atoms with Gasteiger partial charge in [0.2, 0.25) is 17.6 Å². The lowest BCUT2D eigenvalue weighted by atomic mass is 9.94. The Hall–Kier alpha value is -4.21. The molecule has 1 atom stereocenters. The molecule has 2 aromatic carbocycles. The van der Waals surface area contributed by atoms with Gasteiger partial charge in [-0.1, -0.05) is 12.1 Å². The summed E-state index contributed by atoms with van der Waals surface area (Å²) in [7, 11) is 8.75. The van der Waals surface area contributed by atoms with Gasteiger partial charge in [-0.3, -0.25) is 4.79 Å². The number of ether oxygens (including phenoxy) is 3. The highest BCUT2D eigenvalue weighted by atomic mass is 16.5. The van der Waals surface area contributed by atoms with Gasteiger partial charge in [0.05, 0.1) is 21.3 Å². The average molecular weight is 535 g/mol. The van der Waals surface area contributed by atoms with Gasteiger partial charge in [-0.2, -0.15) is 4.98 Å². The highest BCUT2D eigenvalue weighted by Crippen LogP contribution is 2.40. The van der Waals surface area contributed by atoms with Crippen LogP contribution in [0.2, 0.25) is 0 Å². The van der Waals surface area contributed by atoms with E-state index in [9.17, 15) is 4.79 Å². The second kappa shape index (κ2) is 13.0. The summed E-state index contributed by atoms with van der Waals surface area (Å²) in [6.07, 6.45) is 4.25. The monoisotopic (exact) mass is 534 g/mol. The average Bonchev–Trinajstić information content (AvgIpc) is 2.96. The Kier molecular flexibility index (Phi) is 9.30. The predicted molar refractivity (Wildman–Crippen MR) is 154 cm³/mol. The zero-order valence-electron chi connectivity index (χ0n) is 23.4. The molecule has 1 aliphatic rings. The molecule has 1 unspecified atom stereocenters. The summed E-state index contributed by atoms with van der Waals surface area (Å²) in [4.78, 5) is 26.1. The third-order valence-electron chi connectivity index (χ3n) is 6.82. The largest absolute Gasteiger partial charge is 0.493 e. The number of piperidine rings is 1. The lowest BCUT2D eigenvalue weighted by Crippen LogP contribution is -2.38. The van der Waals surface area contributed by atoms with Crippen LogP contribution in [-0.2, 0) is 11.3 Å². The number of carbonyl (C=O) groups excluding carboxylic acids is 1. The van der Waals surface area contributed by atoms with E-state index in [1.54, 1.807) is 27.5 Å². The lowest BCUT2D eigenvalue weighted by Gasteiger charge is -2.33. The van der Waals surface area contributed by atoms with Crippen molar-refractivity contribution in [1.29, 1.82) is 0 Å². The van der Waals surface area contributed by atoms with Crippen LogP contribution < -0.4 is 34.6 Å². The fourth-order valence-corrected chi connectivity index (χ4v) is 4.75. The second-order valence-corrected chi connectivity index (χ2v) is 9.77. The van der Waals surface area contributed by atoms with Gasteiger partial charge in [0.1, 0.15) is 5.82 Å². The van der Waals surface area contributed by atoms with Crippen LogP contribution in [-0.4, -0.2) is 64.4 Å². The van der Waals surface area contributed by atoms with Crippen molar-refractivity contribution in [3.8, 4) is 17.2 Å². The molecule has 1 aliphatic heterocycles. The van der Waals surface area contributed by atoms with Gasteiger partial charge in [0.15, 0.2) is 11.5 Å². The number of rotatable bonds is 11. The third kappa shape index (κ3) is 7.22. The second-order valence-electron chi connectivity index (χ2n) is 9.77. The van der Waals surface area contributed by atoms with Crippen molar-refractivity contribution in [3.05, 3.63) is 54.2 Å². The number of anilines is 4. The Balaban J connectivity index is 1.35. The van der Waals surface area contributed by atoms with E-state index in [1.165, 1.54) is 0 Å². The maximum atomic E-state index is 12.7. The minimum absolute atomic E-state index is 0.0750. The van der Waals surface area contributed by atoms with Crippen molar-refractivity contribution in [2.24, 2.45) is 5.92 Å². The van der Waals surface area contributed by atoms with Gasteiger partial charge in [-0.25, -0.2) is 4.98 Å². The fraction of sp³-hybridized carbons (Fsp3) is 0.414. The van der Waals surface area contributed by atoms with Crippen LogP contribution in [0.5, 0.6) is 17.2 Å². The van der Waals surface area contributed by atoms with Gasteiger partial charge in [0.25, 0.3) is 0 Å². The molecule has 10 heteroatoms. The molecule has 208 valence electrons. The Morgan fingerprint density at radius 2 is 1.77 bits per heavy atom. The number of nitrogens with zero attached hydrogens (tertiary/aromatic N) is 4. The molecule has 2 heterocycles. The van der Waals surface area contributed by atoms with Crippen molar-refractivity contribution in [3.63, 3.8) is 0 Å². The standard InChI is InChI=1S/C29H38N6O4/c1-34(2)23-10-8-20(9-11-23)18-31-27(36)15-21-7-6-14-35(19-21)26-12-13-30-29(33-26)32-22-16-24(37-3)28(39-5)25(17-22)38-4/h8-13,16-17,21H,6-7,14-15,18-19H2,1-5H3,(H,31,36)(H,30,32,33). The van der Waals surface area contributed by atoms with Gasteiger partial charge in [0, 0.05) is 69.9 Å². The molecular formula is C29H38N6O4. The molecular weight excluding hydrogens is 496 g/mol. The first-order chi connectivity index (χ1) is 18.9. The van der Waals surface area contributed by atoms with Crippen molar-refractivity contribution < 1.29 is 19.0 Å². The normalized spacial score (nSPS) is 14.9. The Labute approximate surface area is 230 Å². The summed E-state index contributed by atoms with van der Waals surface area (Å²) in [5, 5.41) is 6.31. The maximum Gasteiger partial charge on any atom is 0.229 e. The van der Waals surface area contributed by atoms with Crippen LogP contribution in [0, 0.1) is 5.92 Å². The SMILES string of the molecule is COc1cc(Nc2nccc(N3CCCC(CC(=O)NCc4ccc(N(C)C)cc4)C3)n2)cc(OC)c1OC. The molecule has 0 spiro atoms. The number of benzene rings is 2. The predicted octanol–water partition coefficient (Wildman–Crippen LogP) is 4.23. The highest BCUT2D eigenvalue weighted by molar-refractivity contribution is 5.76. The van der Waals surface area contributed by atoms with E-state index in [1.807, 2.05) is 32.3 Å². The van der Waals surface area contributed by atoms with Crippen LogP contribution in [0.25, 0.3) is 0 Å². The molecule has 0 bridgehead atoms. The number of amides is 1. The Morgan fingerprint density at radius 1 is 1.05 bits per heavy atom. The quantitative estimate of drug-likeness (QED) is 0.374. The van der Waals surface area contributed by atoms with E-state index in [-0.39, 0.29) is 11.8 Å². The molecule has 0 radical (unpaired) electrons. The number of carbonyl (C=O) groups is 1. The molecule has 1 saturated heterocycles. The lowest BCUT2D eigenvalue weighted by molar-refractivity contribution is -0.122. The van der Waals surface area contributed by atoms with Crippen LogP contribution in [0.15, 0.2) is 48.7 Å². The summed E-state index contributed by atoms with van der Waals surface area (Å²) in [5.41, 5.74) is 2.94. The molecule has 0 aliphatic carbocycles. The van der Waals surface area contributed by atoms with Crippen LogP contribution >= 0.6 is 0 Å². The maximum absolute atomic E-state index is 12.7. The number of methoxy groups -OCH3 is 3. The van der Waals surface area contributed by atoms with E-state index in [2.05, 4.69) is 49.7 Å². The molecule has 0 saturated carbocycles. The van der Waals surface area contributed by atoms with Gasteiger partial charge in [-0.15, -0.1) is 0 Å². The minimum Gasteiger partial charge on any atom is -0.493 e. The number of nitrogens with one attached hydrogen (secondary N) is 2. The summed E-state index contributed by atoms with van der Waals surface area (Å²) in [5.74, 6) is 3.22. The number of hydrogen-bond donors (Lipinski definition) is 2. The van der Waals surface area contributed by atoms with E-state index in [4.69, 9.17) is 19.2 Å². The molecule has 2 N–H and O–H groups in total. The van der Waals surface area contributed by atoms with Crippen molar-refractivity contribution >= 4 is 29.0 Å². The summed E-state index contributed by atoms with van der Waals surface area (Å²) < 4.78 is 16.3. The molecule has 1 aromatic heterocycles. The summed E-state index contributed by atoms with van der Waals surface area (Å²) in [6, 6.07) is 13.8. The topological polar surface area (TPSA) is 101 Å². The minimum atomic E-state index is 0.0750. The van der Waals surface area contributed by atoms with E-state index in [0.717, 1.165) is 43.0 Å². The molecule has 39 heavy (non-hydrogen) atoms. The van der Waals surface area contributed by atoms with Crippen molar-refractivity contribution in [2.45, 2.75) is 25.8 Å². The Morgan fingerprint density at radius 3 is 2.41 bits per heavy atom. The first-order valence-electron chi connectivity index (χ1n) is 13.1. The van der Waals surface area contributed by atoms with Crippen LogP contribution in [0.4, 0.5) is 23.1 Å². The van der Waals surface area contributed by atoms with Gasteiger partial charge in [-0.05, 0) is 42.5 Å². The first-order valence-corrected chi connectivity index (χ1v) is 13.1. The zero-order valence-corrected chi connectivity index (χ0v) is 23.4. The summed E-state index contributed by atoms with van der Waals surface area (Å²) in [6.45, 7) is 2.19. The van der Waals surface area contributed by atoms with Gasteiger partial charge >= 0.3 is 0 Å².